The molecule has 0 aromatic carbocycles. The summed E-state index contributed by atoms with van der Waals surface area (Å²) in [6.45, 7) is 6.27. The number of rotatable bonds is 3. The minimum atomic E-state index is -0.337. The Labute approximate surface area is 99.4 Å². The molecule has 0 unspecified atom stereocenters. The van der Waals surface area contributed by atoms with Crippen molar-refractivity contribution < 1.29 is 4.79 Å². The maximum Gasteiger partial charge on any atom is 0.249 e. The van der Waals surface area contributed by atoms with Crippen LogP contribution in [-0.2, 0) is 6.54 Å². The summed E-state index contributed by atoms with van der Waals surface area (Å²) in [7, 11) is 0. The smallest absolute Gasteiger partial charge is 0.249 e. The summed E-state index contributed by atoms with van der Waals surface area (Å²) >= 11 is 1.61. The molecular formula is C11H17N3OS. The highest BCUT2D eigenvalue weighted by molar-refractivity contribution is 7.10. The average molecular weight is 239 g/mol. The number of nitrogens with zero attached hydrogens (tertiary/aromatic N) is 1. The van der Waals surface area contributed by atoms with E-state index in [1.165, 1.54) is 4.88 Å². The lowest BCUT2D eigenvalue weighted by atomic mass is 10.2. The van der Waals surface area contributed by atoms with E-state index in [0.717, 1.165) is 26.2 Å². The van der Waals surface area contributed by atoms with E-state index >= 15 is 0 Å². The number of hydrogen-bond donors (Lipinski definition) is 2. The molecule has 3 N–H and O–H groups in total. The van der Waals surface area contributed by atoms with Crippen molar-refractivity contribution in [1.29, 1.82) is 0 Å². The molecule has 1 aromatic heterocycles. The van der Waals surface area contributed by atoms with Crippen molar-refractivity contribution >= 4 is 17.2 Å². The Kier molecular flexibility index (Phi) is 3.58. The standard InChI is InChI=1S/C11H17N3OS/c1-8-5-14(3-2-13-8)6-10-4-9(7-16-10)11(12)15/h4,7-8,13H,2-3,5-6H2,1H3,(H2,12,15)/t8-/m0/s1. The zero-order chi connectivity index (χ0) is 11.5. The molecule has 1 aromatic rings. The third kappa shape index (κ3) is 2.81. The van der Waals surface area contributed by atoms with Crippen molar-refractivity contribution in [3.8, 4) is 0 Å². The summed E-state index contributed by atoms with van der Waals surface area (Å²) < 4.78 is 0. The van der Waals surface area contributed by atoms with Crippen molar-refractivity contribution in [1.82, 2.24) is 10.2 Å². The van der Waals surface area contributed by atoms with Gasteiger partial charge in [0.2, 0.25) is 5.91 Å². The number of carbonyl (C=O) groups is 1. The van der Waals surface area contributed by atoms with Gasteiger partial charge in [0, 0.05) is 42.5 Å². The highest BCUT2D eigenvalue weighted by Crippen LogP contribution is 2.17. The van der Waals surface area contributed by atoms with Gasteiger partial charge in [-0.25, -0.2) is 0 Å². The van der Waals surface area contributed by atoms with Crippen LogP contribution >= 0.6 is 11.3 Å². The third-order valence-electron chi connectivity index (χ3n) is 2.77. The van der Waals surface area contributed by atoms with Gasteiger partial charge in [-0.1, -0.05) is 0 Å². The molecule has 0 spiro atoms. The van der Waals surface area contributed by atoms with Crippen LogP contribution < -0.4 is 11.1 Å². The second kappa shape index (κ2) is 4.95. The first kappa shape index (κ1) is 11.6. The highest BCUT2D eigenvalue weighted by Gasteiger charge is 2.16. The molecule has 1 atom stereocenters. The van der Waals surface area contributed by atoms with E-state index in [0.29, 0.717) is 11.6 Å². The molecule has 88 valence electrons. The molecule has 0 radical (unpaired) electrons. The zero-order valence-electron chi connectivity index (χ0n) is 9.40. The van der Waals surface area contributed by atoms with Gasteiger partial charge in [0.25, 0.3) is 0 Å². The van der Waals surface area contributed by atoms with E-state index < -0.39 is 0 Å². The first-order valence-electron chi connectivity index (χ1n) is 5.48. The van der Waals surface area contributed by atoms with Gasteiger partial charge in [-0.2, -0.15) is 0 Å². The maximum absolute atomic E-state index is 11.0. The Bertz CT molecular complexity index is 377. The number of amides is 1. The van der Waals surface area contributed by atoms with Crippen molar-refractivity contribution in [2.75, 3.05) is 19.6 Å². The average Bonchev–Trinajstić information content (AvgIpc) is 2.66. The van der Waals surface area contributed by atoms with Crippen molar-refractivity contribution in [2.45, 2.75) is 19.5 Å². The molecule has 5 heteroatoms. The molecule has 4 nitrogen and oxygen atoms in total. The summed E-state index contributed by atoms with van der Waals surface area (Å²) in [5.74, 6) is -0.337. The minimum Gasteiger partial charge on any atom is -0.366 e. The van der Waals surface area contributed by atoms with Gasteiger partial charge in [0.15, 0.2) is 0 Å². The van der Waals surface area contributed by atoms with Crippen LogP contribution in [0.3, 0.4) is 0 Å². The van der Waals surface area contributed by atoms with Crippen LogP contribution in [-0.4, -0.2) is 36.5 Å². The van der Waals surface area contributed by atoms with E-state index in [1.54, 1.807) is 11.3 Å². The second-order valence-electron chi connectivity index (χ2n) is 4.26. The lowest BCUT2D eigenvalue weighted by molar-refractivity contribution is 0.100. The number of primary amides is 1. The monoisotopic (exact) mass is 239 g/mol. The Balaban J connectivity index is 1.95. The first-order chi connectivity index (χ1) is 7.65. The fourth-order valence-electron chi connectivity index (χ4n) is 1.97. The second-order valence-corrected chi connectivity index (χ2v) is 5.25. The van der Waals surface area contributed by atoms with E-state index in [1.807, 2.05) is 11.4 Å². The largest absolute Gasteiger partial charge is 0.366 e. The lowest BCUT2D eigenvalue weighted by Crippen LogP contribution is -2.48. The van der Waals surface area contributed by atoms with Gasteiger partial charge < -0.3 is 11.1 Å². The zero-order valence-corrected chi connectivity index (χ0v) is 10.2. The van der Waals surface area contributed by atoms with E-state index in [-0.39, 0.29) is 5.91 Å². The van der Waals surface area contributed by atoms with Crippen LogP contribution in [0.25, 0.3) is 0 Å². The molecule has 0 aliphatic carbocycles. The molecular weight excluding hydrogens is 222 g/mol. The van der Waals surface area contributed by atoms with Gasteiger partial charge in [-0.05, 0) is 13.0 Å². The molecule has 0 bridgehead atoms. The normalized spacial score (nSPS) is 22.2. The van der Waals surface area contributed by atoms with E-state index in [2.05, 4.69) is 17.1 Å². The fraction of sp³-hybridized carbons (Fsp3) is 0.545. The predicted octanol–water partition coefficient (Wildman–Crippen LogP) is 0.641. The van der Waals surface area contributed by atoms with Crippen LogP contribution in [0, 0.1) is 0 Å². The summed E-state index contributed by atoms with van der Waals surface area (Å²) in [6, 6.07) is 2.45. The van der Waals surface area contributed by atoms with Gasteiger partial charge in [-0.3, -0.25) is 9.69 Å². The Morgan fingerprint density at radius 3 is 3.19 bits per heavy atom. The number of nitrogens with one attached hydrogen (secondary N) is 1. The molecule has 0 saturated carbocycles. The maximum atomic E-state index is 11.0. The van der Waals surface area contributed by atoms with Crippen LogP contribution in [0.4, 0.5) is 0 Å². The lowest BCUT2D eigenvalue weighted by Gasteiger charge is -2.31. The van der Waals surface area contributed by atoms with Crippen LogP contribution in [0.5, 0.6) is 0 Å². The summed E-state index contributed by atoms with van der Waals surface area (Å²) in [5, 5.41) is 5.25. The van der Waals surface area contributed by atoms with Crippen LogP contribution in [0.1, 0.15) is 22.2 Å². The Morgan fingerprint density at radius 1 is 1.75 bits per heavy atom. The van der Waals surface area contributed by atoms with Gasteiger partial charge >= 0.3 is 0 Å². The van der Waals surface area contributed by atoms with Crippen molar-refractivity contribution in [3.63, 3.8) is 0 Å². The third-order valence-corrected chi connectivity index (χ3v) is 3.69. The quantitative estimate of drug-likeness (QED) is 0.814. The summed E-state index contributed by atoms with van der Waals surface area (Å²) in [6.07, 6.45) is 0. The molecule has 2 heterocycles. The SMILES string of the molecule is C[C@H]1CN(Cc2cc(C(N)=O)cs2)CCN1. The van der Waals surface area contributed by atoms with Gasteiger partial charge in [-0.15, -0.1) is 11.3 Å². The Morgan fingerprint density at radius 2 is 2.56 bits per heavy atom. The van der Waals surface area contributed by atoms with Crippen LogP contribution in [0.15, 0.2) is 11.4 Å². The van der Waals surface area contributed by atoms with Crippen molar-refractivity contribution in [3.05, 3.63) is 21.9 Å². The van der Waals surface area contributed by atoms with Gasteiger partial charge in [0.1, 0.15) is 0 Å². The van der Waals surface area contributed by atoms with Crippen LogP contribution in [0.2, 0.25) is 0 Å². The number of hydrogen-bond acceptors (Lipinski definition) is 4. The van der Waals surface area contributed by atoms with E-state index in [4.69, 9.17) is 5.73 Å². The summed E-state index contributed by atoms with van der Waals surface area (Å²) in [4.78, 5) is 14.6. The Hall–Kier alpha value is -0.910. The predicted molar refractivity (Wildman–Crippen MR) is 65.6 cm³/mol. The van der Waals surface area contributed by atoms with Crippen molar-refractivity contribution in [2.24, 2.45) is 5.73 Å². The first-order valence-corrected chi connectivity index (χ1v) is 6.36. The molecule has 1 aliphatic rings. The molecule has 16 heavy (non-hydrogen) atoms. The highest BCUT2D eigenvalue weighted by atomic mass is 32.1. The number of thiophene rings is 1. The molecule has 1 amide bonds. The fourth-order valence-corrected chi connectivity index (χ4v) is 2.88. The number of carbonyl (C=O) groups excluding carboxylic acids is 1. The van der Waals surface area contributed by atoms with E-state index in [9.17, 15) is 4.79 Å². The minimum absolute atomic E-state index is 0.337. The molecule has 1 aliphatic heterocycles. The topological polar surface area (TPSA) is 58.4 Å². The van der Waals surface area contributed by atoms with Gasteiger partial charge in [0.05, 0.1) is 5.56 Å². The molecule has 2 rings (SSSR count). The number of nitrogens with two attached hydrogens (primary N) is 1. The number of piperazine rings is 1. The molecule has 1 fully saturated rings. The molecule has 1 saturated heterocycles. The summed E-state index contributed by atoms with van der Waals surface area (Å²) in [5.41, 5.74) is 5.85.